The molecule has 0 bridgehead atoms. The van der Waals surface area contributed by atoms with Crippen molar-refractivity contribution in [1.29, 1.82) is 0 Å². The SMILES string of the molecule is c1ccc(-n2c3ccccc3c3cc4c(cc32)Oc2cccc3c2B4c2cc4c5ccccc5n(-c5ccccc5)c4cc2O3)cc1. The summed E-state index contributed by atoms with van der Waals surface area (Å²) in [6.45, 7) is -0.0415. The van der Waals surface area contributed by atoms with E-state index in [1.807, 2.05) is 6.07 Å². The molecule has 0 unspecified atom stereocenters. The third-order valence-corrected chi connectivity index (χ3v) is 10.0. The molecule has 0 atom stereocenters. The van der Waals surface area contributed by atoms with E-state index in [4.69, 9.17) is 9.47 Å². The van der Waals surface area contributed by atoms with Crippen LogP contribution < -0.4 is 25.9 Å². The summed E-state index contributed by atoms with van der Waals surface area (Å²) in [5, 5.41) is 4.87. The third-order valence-electron chi connectivity index (χ3n) is 10.0. The molecule has 0 N–H and O–H groups in total. The Hall–Kier alpha value is -6.20. The van der Waals surface area contributed by atoms with Crippen LogP contribution in [0.4, 0.5) is 0 Å². The molecule has 5 heteroatoms. The van der Waals surface area contributed by atoms with Gasteiger partial charge < -0.3 is 18.6 Å². The van der Waals surface area contributed by atoms with Crippen molar-refractivity contribution in [3.05, 3.63) is 152 Å². The van der Waals surface area contributed by atoms with Crippen LogP contribution in [0.2, 0.25) is 0 Å². The van der Waals surface area contributed by atoms with Gasteiger partial charge in [0.25, 0.3) is 6.71 Å². The summed E-state index contributed by atoms with van der Waals surface area (Å²) in [5.74, 6) is 3.46. The van der Waals surface area contributed by atoms with E-state index in [1.54, 1.807) is 0 Å². The molecule has 0 radical (unpaired) electrons. The number of nitrogens with zero attached hydrogens (tertiary/aromatic N) is 2. The molecule has 218 valence electrons. The lowest BCUT2D eigenvalue weighted by molar-refractivity contribution is 0.465. The highest BCUT2D eigenvalue weighted by atomic mass is 16.5. The van der Waals surface area contributed by atoms with Crippen molar-refractivity contribution in [1.82, 2.24) is 9.13 Å². The second-order valence-corrected chi connectivity index (χ2v) is 12.5. The molecule has 11 rings (SSSR count). The number of hydrogen-bond acceptors (Lipinski definition) is 2. The molecular formula is C42H25BN2O2. The van der Waals surface area contributed by atoms with Gasteiger partial charge in [-0.3, -0.25) is 0 Å². The van der Waals surface area contributed by atoms with Crippen molar-refractivity contribution in [2.45, 2.75) is 0 Å². The minimum Gasteiger partial charge on any atom is -0.458 e. The first-order valence-electron chi connectivity index (χ1n) is 16.1. The zero-order valence-corrected chi connectivity index (χ0v) is 25.2. The molecule has 4 heterocycles. The van der Waals surface area contributed by atoms with Gasteiger partial charge in [0, 0.05) is 50.5 Å². The van der Waals surface area contributed by atoms with Gasteiger partial charge in [0.2, 0.25) is 0 Å². The predicted octanol–water partition coefficient (Wildman–Crippen LogP) is 8.61. The second-order valence-electron chi connectivity index (χ2n) is 12.5. The van der Waals surface area contributed by atoms with E-state index in [0.29, 0.717) is 0 Å². The summed E-state index contributed by atoms with van der Waals surface area (Å²) in [4.78, 5) is 0. The lowest BCUT2D eigenvalue weighted by Crippen LogP contribution is -2.57. The molecule has 2 aliphatic heterocycles. The van der Waals surface area contributed by atoms with Crippen molar-refractivity contribution < 1.29 is 9.47 Å². The molecule has 0 aliphatic carbocycles. The van der Waals surface area contributed by atoms with Crippen LogP contribution in [0, 0.1) is 0 Å². The molecule has 47 heavy (non-hydrogen) atoms. The van der Waals surface area contributed by atoms with Gasteiger partial charge in [0.05, 0.1) is 22.1 Å². The molecule has 0 saturated carbocycles. The maximum Gasteiger partial charge on any atom is 0.260 e. The summed E-state index contributed by atoms with van der Waals surface area (Å²) in [6, 6.07) is 53.9. The number of fused-ring (bicyclic) bond motifs is 10. The Morgan fingerprint density at radius 1 is 0.362 bits per heavy atom. The summed E-state index contributed by atoms with van der Waals surface area (Å²) < 4.78 is 18.2. The Kier molecular flexibility index (Phi) is 4.89. The fraction of sp³-hybridized carbons (Fsp3) is 0. The number of aromatic nitrogens is 2. The van der Waals surface area contributed by atoms with Crippen LogP contribution in [0.5, 0.6) is 23.0 Å². The minimum atomic E-state index is -0.0415. The first kappa shape index (κ1) is 25.0. The fourth-order valence-electron chi connectivity index (χ4n) is 8.07. The van der Waals surface area contributed by atoms with Gasteiger partial charge in [0.1, 0.15) is 23.0 Å². The van der Waals surface area contributed by atoms with Crippen molar-refractivity contribution in [2.24, 2.45) is 0 Å². The molecule has 2 aliphatic rings. The number of hydrogen-bond donors (Lipinski definition) is 0. The van der Waals surface area contributed by atoms with Crippen molar-refractivity contribution >= 4 is 66.7 Å². The zero-order valence-electron chi connectivity index (χ0n) is 25.2. The Morgan fingerprint density at radius 2 is 0.809 bits per heavy atom. The highest BCUT2D eigenvalue weighted by Crippen LogP contribution is 2.41. The smallest absolute Gasteiger partial charge is 0.260 e. The maximum absolute atomic E-state index is 6.76. The van der Waals surface area contributed by atoms with Crippen LogP contribution in [-0.4, -0.2) is 15.8 Å². The van der Waals surface area contributed by atoms with Gasteiger partial charge in [-0.25, -0.2) is 0 Å². The summed E-state index contributed by atoms with van der Waals surface area (Å²) >= 11 is 0. The van der Waals surface area contributed by atoms with Gasteiger partial charge in [-0.2, -0.15) is 0 Å². The number of rotatable bonds is 2. The van der Waals surface area contributed by atoms with E-state index >= 15 is 0 Å². The minimum absolute atomic E-state index is 0.0415. The van der Waals surface area contributed by atoms with Crippen LogP contribution in [0.15, 0.2) is 152 Å². The van der Waals surface area contributed by atoms with Crippen LogP contribution in [0.1, 0.15) is 0 Å². The number of benzene rings is 7. The molecule has 9 aromatic rings. The molecular weight excluding hydrogens is 575 g/mol. The molecule has 0 fully saturated rings. The molecule has 4 nitrogen and oxygen atoms in total. The summed E-state index contributed by atoms with van der Waals surface area (Å²) in [5.41, 5.74) is 10.3. The number of para-hydroxylation sites is 4. The Morgan fingerprint density at radius 3 is 1.30 bits per heavy atom. The lowest BCUT2D eigenvalue weighted by Gasteiger charge is -2.33. The third kappa shape index (κ3) is 3.38. The van der Waals surface area contributed by atoms with Crippen LogP contribution in [-0.2, 0) is 0 Å². The van der Waals surface area contributed by atoms with Crippen LogP contribution in [0.25, 0.3) is 55.0 Å². The highest BCUT2D eigenvalue weighted by Gasteiger charge is 2.41. The average Bonchev–Trinajstić information content (AvgIpc) is 3.62. The average molecular weight is 600 g/mol. The van der Waals surface area contributed by atoms with Crippen molar-refractivity contribution in [3.8, 4) is 34.4 Å². The summed E-state index contributed by atoms with van der Waals surface area (Å²) in [6.07, 6.45) is 0. The monoisotopic (exact) mass is 600 g/mol. The summed E-state index contributed by atoms with van der Waals surface area (Å²) in [7, 11) is 0. The van der Waals surface area contributed by atoms with E-state index in [-0.39, 0.29) is 6.71 Å². The van der Waals surface area contributed by atoms with Crippen molar-refractivity contribution in [3.63, 3.8) is 0 Å². The molecule has 2 aromatic heterocycles. The lowest BCUT2D eigenvalue weighted by atomic mass is 9.34. The Bertz CT molecular complexity index is 2560. The number of ether oxygens (including phenoxy) is 2. The van der Waals surface area contributed by atoms with Gasteiger partial charge in [0.15, 0.2) is 0 Å². The van der Waals surface area contributed by atoms with Gasteiger partial charge in [-0.15, -0.1) is 0 Å². The van der Waals surface area contributed by atoms with E-state index in [2.05, 4.69) is 155 Å². The van der Waals surface area contributed by atoms with Gasteiger partial charge in [-0.05, 0) is 59.5 Å². The fourth-order valence-corrected chi connectivity index (χ4v) is 8.07. The van der Waals surface area contributed by atoms with E-state index in [1.165, 1.54) is 32.6 Å². The van der Waals surface area contributed by atoms with E-state index in [0.717, 1.165) is 61.8 Å². The zero-order chi connectivity index (χ0) is 30.6. The molecule has 7 aromatic carbocycles. The van der Waals surface area contributed by atoms with E-state index in [9.17, 15) is 0 Å². The first-order chi connectivity index (χ1) is 23.3. The quantitative estimate of drug-likeness (QED) is 0.186. The molecule has 0 saturated heterocycles. The first-order valence-corrected chi connectivity index (χ1v) is 16.1. The highest BCUT2D eigenvalue weighted by molar-refractivity contribution is 6.98. The van der Waals surface area contributed by atoms with Gasteiger partial charge >= 0.3 is 0 Å². The largest absolute Gasteiger partial charge is 0.458 e. The normalized spacial score (nSPS) is 13.0. The van der Waals surface area contributed by atoms with Crippen molar-refractivity contribution in [2.75, 3.05) is 0 Å². The molecule has 0 amide bonds. The predicted molar refractivity (Wildman–Crippen MR) is 193 cm³/mol. The maximum atomic E-state index is 6.76. The van der Waals surface area contributed by atoms with Gasteiger partial charge in [-0.1, -0.05) is 91.0 Å². The molecule has 0 spiro atoms. The van der Waals surface area contributed by atoms with E-state index < -0.39 is 0 Å². The van der Waals surface area contributed by atoms with Crippen LogP contribution in [0.3, 0.4) is 0 Å². The Balaban J connectivity index is 1.22. The topological polar surface area (TPSA) is 28.3 Å². The van der Waals surface area contributed by atoms with Crippen LogP contribution >= 0.6 is 0 Å². The standard InChI is InChI=1S/C42H25BN2O2/c1-3-12-26(13-4-1)44-34-18-9-7-16-28(34)30-22-32-40(24-36(30)44)46-38-20-11-21-39-42(38)43(32)33-23-31-29-17-8-10-19-35(29)45(27-14-5-2-6-15-27)37(31)25-41(33)47-39/h1-25H. The second kappa shape index (κ2) is 9.18. The Labute approximate surface area is 270 Å².